The van der Waals surface area contributed by atoms with Gasteiger partial charge in [0.25, 0.3) is 0 Å². The number of sulfonamides is 1. The van der Waals surface area contributed by atoms with Crippen molar-refractivity contribution in [3.63, 3.8) is 0 Å². The fraction of sp³-hybridized carbons (Fsp3) is 0.250. The van der Waals surface area contributed by atoms with Gasteiger partial charge in [0.1, 0.15) is 0 Å². The molecule has 148 valence electrons. The highest BCUT2D eigenvalue weighted by Gasteiger charge is 2.39. The summed E-state index contributed by atoms with van der Waals surface area (Å²) in [6, 6.07) is 17.7. The Morgan fingerprint density at radius 1 is 1.04 bits per heavy atom. The van der Waals surface area contributed by atoms with Gasteiger partial charge in [-0.25, -0.2) is 8.42 Å². The minimum atomic E-state index is -3.64. The van der Waals surface area contributed by atoms with E-state index in [4.69, 9.17) is 5.73 Å². The van der Waals surface area contributed by atoms with E-state index in [0.29, 0.717) is 30.5 Å². The van der Waals surface area contributed by atoms with Crippen LogP contribution in [0.1, 0.15) is 11.5 Å². The van der Waals surface area contributed by atoms with Crippen LogP contribution in [0.3, 0.4) is 0 Å². The lowest BCUT2D eigenvalue weighted by molar-refractivity contribution is 0.459. The van der Waals surface area contributed by atoms with Crippen molar-refractivity contribution in [2.75, 3.05) is 19.6 Å². The van der Waals surface area contributed by atoms with Crippen LogP contribution in [0.5, 0.6) is 0 Å². The number of pyridine rings is 1. The number of halogens is 1. The van der Waals surface area contributed by atoms with Crippen LogP contribution in [-0.2, 0) is 10.0 Å². The summed E-state index contributed by atoms with van der Waals surface area (Å²) in [6.45, 7) is 1.25. The maximum atomic E-state index is 13.2. The first kappa shape index (κ1) is 20.5. The van der Waals surface area contributed by atoms with Crippen molar-refractivity contribution in [2.24, 2.45) is 11.7 Å². The van der Waals surface area contributed by atoms with E-state index < -0.39 is 10.0 Å². The van der Waals surface area contributed by atoms with E-state index in [-0.39, 0.29) is 34.7 Å². The summed E-state index contributed by atoms with van der Waals surface area (Å²) in [5.74, 6) is 0.168. The minimum absolute atomic E-state index is 0. The largest absolute Gasteiger partial charge is 0.330 e. The zero-order valence-electron chi connectivity index (χ0n) is 15.1. The predicted octanol–water partition coefficient (Wildman–Crippen LogP) is 2.31. The van der Waals surface area contributed by atoms with Crippen LogP contribution in [0.2, 0.25) is 0 Å². The molecule has 6 nitrogen and oxygen atoms in total. The van der Waals surface area contributed by atoms with E-state index in [0.717, 1.165) is 5.56 Å². The molecule has 1 fully saturated rings. The van der Waals surface area contributed by atoms with Crippen molar-refractivity contribution < 1.29 is 8.42 Å². The SMILES string of the molecule is Cl.NC[C@@H]1CN(S(=O)(=O)c2ccc3[nH]c(=O)ccc3c2)C[C@H]1c1ccccc1. The average Bonchev–Trinajstić information content (AvgIpc) is 3.13. The fourth-order valence-corrected chi connectivity index (χ4v) is 5.35. The summed E-state index contributed by atoms with van der Waals surface area (Å²) in [5, 5.41) is 0.685. The maximum Gasteiger partial charge on any atom is 0.248 e. The van der Waals surface area contributed by atoms with Crippen molar-refractivity contribution in [3.05, 3.63) is 76.6 Å². The lowest BCUT2D eigenvalue weighted by Crippen LogP contribution is -2.30. The van der Waals surface area contributed by atoms with Crippen molar-refractivity contribution in [1.29, 1.82) is 0 Å². The Labute approximate surface area is 169 Å². The summed E-state index contributed by atoms with van der Waals surface area (Å²) in [5.41, 5.74) is 7.45. The van der Waals surface area contributed by atoms with Crippen molar-refractivity contribution >= 4 is 33.3 Å². The van der Waals surface area contributed by atoms with E-state index in [9.17, 15) is 13.2 Å². The number of hydrogen-bond donors (Lipinski definition) is 2. The molecule has 0 radical (unpaired) electrons. The van der Waals surface area contributed by atoms with Gasteiger partial charge >= 0.3 is 0 Å². The first-order valence-corrected chi connectivity index (χ1v) is 10.3. The molecule has 0 amide bonds. The fourth-order valence-electron chi connectivity index (χ4n) is 3.79. The monoisotopic (exact) mass is 419 g/mol. The Bertz CT molecular complexity index is 1130. The van der Waals surface area contributed by atoms with Crippen LogP contribution in [0.4, 0.5) is 0 Å². The topological polar surface area (TPSA) is 96.3 Å². The van der Waals surface area contributed by atoms with E-state index in [1.807, 2.05) is 30.3 Å². The molecule has 3 N–H and O–H groups in total. The molecule has 0 aliphatic carbocycles. The van der Waals surface area contributed by atoms with Gasteiger partial charge < -0.3 is 10.7 Å². The third-order valence-electron chi connectivity index (χ3n) is 5.27. The van der Waals surface area contributed by atoms with Crippen LogP contribution in [0.15, 0.2) is 70.4 Å². The standard InChI is InChI=1S/C20H21N3O3S.ClH/c21-11-16-12-23(13-18(16)14-4-2-1-3-5-14)27(25,26)17-7-8-19-15(10-17)6-9-20(24)22-19;/h1-10,16,18H,11-13,21H2,(H,22,24);1H/t16-,18+;/m1./s1. The van der Waals surface area contributed by atoms with E-state index >= 15 is 0 Å². The molecule has 1 aliphatic rings. The maximum absolute atomic E-state index is 13.2. The van der Waals surface area contributed by atoms with Crippen LogP contribution < -0.4 is 11.3 Å². The normalized spacial score (nSPS) is 20.2. The summed E-state index contributed by atoms with van der Waals surface area (Å²) in [4.78, 5) is 14.4. The lowest BCUT2D eigenvalue weighted by Gasteiger charge is -2.17. The van der Waals surface area contributed by atoms with Gasteiger partial charge in [-0.3, -0.25) is 4.79 Å². The highest BCUT2D eigenvalue weighted by Crippen LogP contribution is 2.35. The number of aromatic nitrogens is 1. The second-order valence-electron chi connectivity index (χ2n) is 6.91. The molecule has 0 saturated carbocycles. The molecule has 2 aromatic carbocycles. The van der Waals surface area contributed by atoms with Gasteiger partial charge in [0.15, 0.2) is 0 Å². The molecule has 1 aromatic heterocycles. The van der Waals surface area contributed by atoms with Crippen molar-refractivity contribution in [3.8, 4) is 0 Å². The van der Waals surface area contributed by atoms with Crippen LogP contribution in [-0.4, -0.2) is 37.3 Å². The van der Waals surface area contributed by atoms with E-state index in [2.05, 4.69) is 4.98 Å². The third kappa shape index (κ3) is 3.71. The number of rotatable bonds is 4. The zero-order chi connectivity index (χ0) is 19.0. The summed E-state index contributed by atoms with van der Waals surface area (Å²) >= 11 is 0. The second-order valence-corrected chi connectivity index (χ2v) is 8.84. The Morgan fingerprint density at radius 3 is 2.50 bits per heavy atom. The molecule has 0 spiro atoms. The Kier molecular flexibility index (Phi) is 5.90. The summed E-state index contributed by atoms with van der Waals surface area (Å²) in [7, 11) is -3.64. The number of benzene rings is 2. The molecular weight excluding hydrogens is 398 g/mol. The number of fused-ring (bicyclic) bond motifs is 1. The molecule has 0 bridgehead atoms. The molecule has 2 atom stereocenters. The predicted molar refractivity (Wildman–Crippen MR) is 112 cm³/mol. The highest BCUT2D eigenvalue weighted by molar-refractivity contribution is 7.89. The zero-order valence-corrected chi connectivity index (χ0v) is 16.7. The first-order valence-electron chi connectivity index (χ1n) is 8.87. The molecule has 4 rings (SSSR count). The number of aromatic amines is 1. The first-order chi connectivity index (χ1) is 13.0. The van der Waals surface area contributed by atoms with Gasteiger partial charge in [-0.2, -0.15) is 4.31 Å². The number of nitrogens with one attached hydrogen (secondary N) is 1. The van der Waals surface area contributed by atoms with Crippen LogP contribution >= 0.6 is 12.4 Å². The lowest BCUT2D eigenvalue weighted by atomic mass is 9.89. The van der Waals surface area contributed by atoms with Gasteiger partial charge in [0, 0.05) is 30.6 Å². The highest BCUT2D eigenvalue weighted by atomic mass is 35.5. The van der Waals surface area contributed by atoms with Crippen LogP contribution in [0.25, 0.3) is 10.9 Å². The molecule has 28 heavy (non-hydrogen) atoms. The Morgan fingerprint density at radius 2 is 1.79 bits per heavy atom. The molecule has 2 heterocycles. The Hall–Kier alpha value is -2.19. The minimum Gasteiger partial charge on any atom is -0.330 e. The smallest absolute Gasteiger partial charge is 0.248 e. The van der Waals surface area contributed by atoms with Gasteiger partial charge in [-0.05, 0) is 47.7 Å². The Balaban J connectivity index is 0.00000225. The number of nitrogens with zero attached hydrogens (tertiary/aromatic N) is 1. The second kappa shape index (κ2) is 8.05. The quantitative estimate of drug-likeness (QED) is 0.678. The number of H-pyrrole nitrogens is 1. The third-order valence-corrected chi connectivity index (χ3v) is 7.10. The average molecular weight is 420 g/mol. The number of nitrogens with two attached hydrogens (primary N) is 1. The van der Waals surface area contributed by atoms with Gasteiger partial charge in [-0.1, -0.05) is 30.3 Å². The van der Waals surface area contributed by atoms with Gasteiger partial charge in [0.2, 0.25) is 15.6 Å². The van der Waals surface area contributed by atoms with Gasteiger partial charge in [0.05, 0.1) is 4.90 Å². The molecule has 1 aliphatic heterocycles. The molecular formula is C20H22ClN3O3S. The van der Waals surface area contributed by atoms with E-state index in [1.165, 1.54) is 10.4 Å². The number of hydrogen-bond acceptors (Lipinski definition) is 4. The molecule has 0 unspecified atom stereocenters. The van der Waals surface area contributed by atoms with Crippen molar-refractivity contribution in [1.82, 2.24) is 9.29 Å². The van der Waals surface area contributed by atoms with Crippen molar-refractivity contribution in [2.45, 2.75) is 10.8 Å². The van der Waals surface area contributed by atoms with Crippen LogP contribution in [0, 0.1) is 5.92 Å². The summed E-state index contributed by atoms with van der Waals surface area (Å²) in [6.07, 6.45) is 0. The van der Waals surface area contributed by atoms with Gasteiger partial charge in [-0.15, -0.1) is 12.4 Å². The molecule has 1 saturated heterocycles. The molecule has 8 heteroatoms. The summed E-state index contributed by atoms with van der Waals surface area (Å²) < 4.78 is 27.9. The molecule has 3 aromatic rings. The van der Waals surface area contributed by atoms with E-state index in [1.54, 1.807) is 24.3 Å².